The van der Waals surface area contributed by atoms with Crippen LogP contribution in [0.4, 0.5) is 10.1 Å². The van der Waals surface area contributed by atoms with Crippen molar-refractivity contribution < 1.29 is 22.3 Å². The van der Waals surface area contributed by atoms with Crippen molar-refractivity contribution in [2.45, 2.75) is 11.8 Å². The van der Waals surface area contributed by atoms with Crippen LogP contribution in [0.25, 0.3) is 11.1 Å². The van der Waals surface area contributed by atoms with Crippen molar-refractivity contribution in [1.82, 2.24) is 4.98 Å². The summed E-state index contributed by atoms with van der Waals surface area (Å²) in [6.07, 6.45) is 1.39. The second-order valence-corrected chi connectivity index (χ2v) is 9.50. The molecule has 180 valence electrons. The smallest absolute Gasteiger partial charge is 0.356 e. The lowest BCUT2D eigenvalue weighted by Crippen LogP contribution is -2.14. The van der Waals surface area contributed by atoms with E-state index in [1.54, 1.807) is 25.1 Å². The highest BCUT2D eigenvalue weighted by Crippen LogP contribution is 2.24. The van der Waals surface area contributed by atoms with E-state index in [1.165, 1.54) is 31.5 Å². The molecule has 1 aromatic heterocycles. The molecule has 8 heteroatoms. The van der Waals surface area contributed by atoms with E-state index in [-0.39, 0.29) is 21.8 Å². The fourth-order valence-electron chi connectivity index (χ4n) is 3.46. The summed E-state index contributed by atoms with van der Waals surface area (Å²) in [7, 11) is -2.69. The average molecular weight is 501 g/mol. The molecular formula is C28H21FN2O4S. The van der Waals surface area contributed by atoms with Gasteiger partial charge in [-0.15, -0.1) is 0 Å². The quantitative estimate of drug-likeness (QED) is 0.301. The number of aromatic nitrogens is 1. The molecule has 4 aromatic rings. The van der Waals surface area contributed by atoms with Gasteiger partial charge in [0.05, 0.1) is 23.3 Å². The monoisotopic (exact) mass is 500 g/mol. The lowest BCUT2D eigenvalue weighted by atomic mass is 10.1. The van der Waals surface area contributed by atoms with E-state index in [4.69, 9.17) is 0 Å². The lowest BCUT2D eigenvalue weighted by Gasteiger charge is -2.11. The van der Waals surface area contributed by atoms with Crippen LogP contribution in [0.5, 0.6) is 0 Å². The predicted molar refractivity (Wildman–Crippen MR) is 135 cm³/mol. The standard InChI is InChI=1S/C28H21FN2O4S/c1-19-16-20(18-30-27(19)28(32)35-2)8-9-23-17-24(29)12-15-26(23)31-36(33,34)25-13-10-22(11-14-25)21-6-4-3-5-7-21/h3-7,10-18,31H,1-2H3. The minimum Gasteiger partial charge on any atom is -0.464 e. The minimum absolute atomic E-state index is 0.0589. The van der Waals surface area contributed by atoms with Crippen molar-refractivity contribution >= 4 is 21.7 Å². The number of halogens is 1. The molecule has 0 aliphatic rings. The summed E-state index contributed by atoms with van der Waals surface area (Å²) < 4.78 is 47.2. The van der Waals surface area contributed by atoms with Crippen LogP contribution in [-0.2, 0) is 14.8 Å². The maximum atomic E-state index is 14.0. The number of carbonyl (C=O) groups excluding carboxylic acids is 1. The highest BCUT2D eigenvalue weighted by atomic mass is 32.2. The third-order valence-corrected chi connectivity index (χ3v) is 6.68. The molecule has 0 aliphatic heterocycles. The van der Waals surface area contributed by atoms with E-state index in [0.717, 1.165) is 23.3 Å². The van der Waals surface area contributed by atoms with Gasteiger partial charge in [0.15, 0.2) is 5.69 Å². The number of nitrogens with zero attached hydrogens (tertiary/aromatic N) is 1. The van der Waals surface area contributed by atoms with E-state index >= 15 is 0 Å². The van der Waals surface area contributed by atoms with Gasteiger partial charge in [-0.2, -0.15) is 0 Å². The summed E-state index contributed by atoms with van der Waals surface area (Å²) in [5.41, 5.74) is 3.32. The molecule has 1 N–H and O–H groups in total. The van der Waals surface area contributed by atoms with Crippen LogP contribution in [0.15, 0.2) is 90.0 Å². The number of sulfonamides is 1. The van der Waals surface area contributed by atoms with Crippen LogP contribution in [0.3, 0.4) is 0 Å². The molecule has 6 nitrogen and oxygen atoms in total. The van der Waals surface area contributed by atoms with Crippen LogP contribution < -0.4 is 4.72 Å². The second kappa shape index (κ2) is 10.4. The fourth-order valence-corrected chi connectivity index (χ4v) is 4.54. The molecule has 0 fully saturated rings. The predicted octanol–water partition coefficient (Wildman–Crippen LogP) is 5.18. The Morgan fingerprint density at radius 1 is 0.944 bits per heavy atom. The molecule has 3 aromatic carbocycles. The molecule has 0 bridgehead atoms. The minimum atomic E-state index is -3.96. The number of carbonyl (C=O) groups is 1. The summed E-state index contributed by atoms with van der Waals surface area (Å²) in [6.45, 7) is 1.69. The van der Waals surface area contributed by atoms with Crippen molar-refractivity contribution in [3.8, 4) is 23.0 Å². The second-order valence-electron chi connectivity index (χ2n) is 7.82. The van der Waals surface area contributed by atoms with Crippen LogP contribution in [0.2, 0.25) is 0 Å². The Bertz CT molecular complexity index is 1590. The third kappa shape index (κ3) is 5.59. The van der Waals surface area contributed by atoms with E-state index in [2.05, 4.69) is 26.3 Å². The maximum absolute atomic E-state index is 14.0. The first-order valence-electron chi connectivity index (χ1n) is 10.8. The first-order chi connectivity index (χ1) is 17.3. The highest BCUT2D eigenvalue weighted by molar-refractivity contribution is 7.92. The van der Waals surface area contributed by atoms with Crippen molar-refractivity contribution in [3.63, 3.8) is 0 Å². The van der Waals surface area contributed by atoms with E-state index in [9.17, 15) is 17.6 Å². The fraction of sp³-hybridized carbons (Fsp3) is 0.0714. The van der Waals surface area contributed by atoms with Gasteiger partial charge in [0.1, 0.15) is 5.82 Å². The van der Waals surface area contributed by atoms with E-state index in [0.29, 0.717) is 11.1 Å². The highest BCUT2D eigenvalue weighted by Gasteiger charge is 2.16. The molecule has 0 aliphatic carbocycles. The molecule has 0 saturated heterocycles. The van der Waals surface area contributed by atoms with Gasteiger partial charge >= 0.3 is 5.97 Å². The molecular weight excluding hydrogens is 479 g/mol. The summed E-state index contributed by atoms with van der Waals surface area (Å²) in [6, 6.07) is 21.3. The van der Waals surface area contributed by atoms with Crippen LogP contribution in [0.1, 0.15) is 27.2 Å². The Kier molecular flexibility index (Phi) is 7.13. The van der Waals surface area contributed by atoms with Crippen LogP contribution >= 0.6 is 0 Å². The van der Waals surface area contributed by atoms with Crippen molar-refractivity contribution in [2.75, 3.05) is 11.8 Å². The first kappa shape index (κ1) is 24.6. The van der Waals surface area contributed by atoms with Crippen LogP contribution in [0, 0.1) is 24.6 Å². The number of nitrogens with one attached hydrogen (secondary N) is 1. The van der Waals surface area contributed by atoms with Gasteiger partial charge in [-0.1, -0.05) is 54.3 Å². The van der Waals surface area contributed by atoms with E-state index in [1.807, 2.05) is 30.3 Å². The topological polar surface area (TPSA) is 85.4 Å². The van der Waals surface area contributed by atoms with Gasteiger partial charge in [-0.3, -0.25) is 4.72 Å². The number of hydrogen-bond donors (Lipinski definition) is 1. The Morgan fingerprint density at radius 2 is 1.64 bits per heavy atom. The van der Waals surface area contributed by atoms with Gasteiger partial charge in [-0.05, 0) is 60.0 Å². The number of esters is 1. The van der Waals surface area contributed by atoms with Gasteiger partial charge in [0, 0.05) is 11.8 Å². The largest absolute Gasteiger partial charge is 0.464 e. The summed E-state index contributed by atoms with van der Waals surface area (Å²) >= 11 is 0. The van der Waals surface area contributed by atoms with E-state index < -0.39 is 21.8 Å². The molecule has 1 heterocycles. The number of aryl methyl sites for hydroxylation is 1. The van der Waals surface area contributed by atoms with Gasteiger partial charge in [0.25, 0.3) is 10.0 Å². The summed E-state index contributed by atoms with van der Waals surface area (Å²) in [5.74, 6) is 4.50. The Hall–Kier alpha value is -4.48. The van der Waals surface area contributed by atoms with Gasteiger partial charge in [-0.25, -0.2) is 22.6 Å². The molecule has 0 radical (unpaired) electrons. The Morgan fingerprint density at radius 3 is 2.31 bits per heavy atom. The Balaban J connectivity index is 1.61. The molecule has 36 heavy (non-hydrogen) atoms. The normalized spacial score (nSPS) is 10.8. The third-order valence-electron chi connectivity index (χ3n) is 5.30. The molecule has 0 amide bonds. The summed E-state index contributed by atoms with van der Waals surface area (Å²) in [5, 5.41) is 0. The van der Waals surface area contributed by atoms with Gasteiger partial charge in [0.2, 0.25) is 0 Å². The first-order valence-corrected chi connectivity index (χ1v) is 12.3. The lowest BCUT2D eigenvalue weighted by molar-refractivity contribution is 0.0593. The SMILES string of the molecule is COC(=O)c1ncc(C#Cc2cc(F)ccc2NS(=O)(=O)c2ccc(-c3ccccc3)cc2)cc1C. The zero-order valence-corrected chi connectivity index (χ0v) is 20.3. The molecule has 0 atom stereocenters. The number of methoxy groups -OCH3 is 1. The zero-order chi connectivity index (χ0) is 25.7. The Labute approximate surface area is 208 Å². The number of ether oxygens (including phenoxy) is 1. The average Bonchev–Trinajstić information content (AvgIpc) is 2.89. The van der Waals surface area contributed by atoms with Crippen LogP contribution in [-0.4, -0.2) is 26.5 Å². The van der Waals surface area contributed by atoms with Gasteiger partial charge < -0.3 is 4.74 Å². The molecule has 4 rings (SSSR count). The summed E-state index contributed by atoms with van der Waals surface area (Å²) in [4.78, 5) is 15.8. The maximum Gasteiger partial charge on any atom is 0.356 e. The van der Waals surface area contributed by atoms with Crippen molar-refractivity contribution in [3.05, 3.63) is 113 Å². The molecule has 0 spiro atoms. The number of benzene rings is 3. The zero-order valence-electron chi connectivity index (χ0n) is 19.4. The number of anilines is 1. The number of rotatable bonds is 5. The van der Waals surface area contributed by atoms with Crippen molar-refractivity contribution in [2.24, 2.45) is 0 Å². The van der Waals surface area contributed by atoms with Crippen molar-refractivity contribution in [1.29, 1.82) is 0 Å². The molecule has 0 unspecified atom stereocenters. The molecule has 0 saturated carbocycles. The number of pyridine rings is 1. The number of hydrogen-bond acceptors (Lipinski definition) is 5.